The summed E-state index contributed by atoms with van der Waals surface area (Å²) in [5.74, 6) is -2.61. The molecule has 0 bridgehead atoms. The minimum atomic E-state index is -4.58. The van der Waals surface area contributed by atoms with Crippen LogP contribution < -0.4 is 11.1 Å². The number of furan rings is 1. The van der Waals surface area contributed by atoms with Gasteiger partial charge in [-0.25, -0.2) is 4.79 Å². The molecule has 1 aliphatic heterocycles. The molecule has 1 fully saturated rings. The number of nitrogens with two attached hydrogens (primary N) is 1. The molecular weight excluding hydrogens is 291 g/mol. The van der Waals surface area contributed by atoms with Crippen molar-refractivity contribution in [3.05, 3.63) is 24.2 Å². The van der Waals surface area contributed by atoms with Crippen molar-refractivity contribution in [1.82, 2.24) is 10.2 Å². The van der Waals surface area contributed by atoms with Crippen molar-refractivity contribution in [2.75, 3.05) is 13.1 Å². The molecule has 2 rings (SSSR count). The summed E-state index contributed by atoms with van der Waals surface area (Å²) in [4.78, 5) is 24.6. The van der Waals surface area contributed by atoms with Crippen LogP contribution >= 0.6 is 0 Å². The van der Waals surface area contributed by atoms with Gasteiger partial charge in [-0.3, -0.25) is 9.69 Å². The molecule has 1 aromatic heterocycles. The molecule has 1 saturated heterocycles. The molecule has 1 aliphatic rings. The first-order valence-corrected chi connectivity index (χ1v) is 6.15. The Labute approximate surface area is 118 Å². The lowest BCUT2D eigenvalue weighted by Gasteiger charge is -2.24. The molecule has 9 heteroatoms. The van der Waals surface area contributed by atoms with Crippen LogP contribution in [0.5, 0.6) is 0 Å². The average Bonchev–Trinajstić information content (AvgIpc) is 2.97. The van der Waals surface area contributed by atoms with Gasteiger partial charge < -0.3 is 15.5 Å². The van der Waals surface area contributed by atoms with E-state index >= 15 is 0 Å². The third kappa shape index (κ3) is 2.60. The van der Waals surface area contributed by atoms with Crippen LogP contribution in [0.4, 0.5) is 18.0 Å². The van der Waals surface area contributed by atoms with Gasteiger partial charge in [0.2, 0.25) is 0 Å². The van der Waals surface area contributed by atoms with Gasteiger partial charge in [0.1, 0.15) is 5.76 Å². The largest absolute Gasteiger partial charge is 0.466 e. The molecule has 1 aromatic rings. The van der Waals surface area contributed by atoms with Crippen molar-refractivity contribution in [3.8, 4) is 0 Å². The number of carbonyl (C=O) groups is 2. The van der Waals surface area contributed by atoms with Crippen molar-refractivity contribution >= 4 is 11.9 Å². The van der Waals surface area contributed by atoms with Crippen LogP contribution in [0.15, 0.2) is 22.8 Å². The zero-order valence-corrected chi connectivity index (χ0v) is 11.1. The van der Waals surface area contributed by atoms with Crippen LogP contribution in [0.1, 0.15) is 12.7 Å². The van der Waals surface area contributed by atoms with Gasteiger partial charge in [-0.1, -0.05) is 0 Å². The molecule has 2 heterocycles. The van der Waals surface area contributed by atoms with E-state index in [2.05, 4.69) is 5.32 Å². The van der Waals surface area contributed by atoms with Gasteiger partial charge in [-0.05, 0) is 19.1 Å². The topological polar surface area (TPSA) is 88.6 Å². The van der Waals surface area contributed by atoms with Crippen molar-refractivity contribution in [3.63, 3.8) is 0 Å². The highest BCUT2D eigenvalue weighted by atomic mass is 19.4. The molecule has 116 valence electrons. The van der Waals surface area contributed by atoms with Crippen LogP contribution in [0.3, 0.4) is 0 Å². The number of hydrogen-bond acceptors (Lipinski definition) is 4. The number of nitrogens with zero attached hydrogens (tertiary/aromatic N) is 1. The van der Waals surface area contributed by atoms with Gasteiger partial charge in [-0.2, -0.15) is 13.2 Å². The minimum Gasteiger partial charge on any atom is -0.466 e. The summed E-state index contributed by atoms with van der Waals surface area (Å²) in [6.45, 7) is -0.157. The maximum atomic E-state index is 12.7. The van der Waals surface area contributed by atoms with Crippen molar-refractivity contribution in [1.29, 1.82) is 0 Å². The first-order valence-electron chi connectivity index (χ1n) is 6.15. The van der Waals surface area contributed by atoms with Crippen LogP contribution in [0.2, 0.25) is 0 Å². The van der Waals surface area contributed by atoms with E-state index < -0.39 is 42.7 Å². The summed E-state index contributed by atoms with van der Waals surface area (Å²) in [6.07, 6.45) is -3.28. The second kappa shape index (κ2) is 5.06. The number of halogens is 3. The van der Waals surface area contributed by atoms with Crippen molar-refractivity contribution in [2.45, 2.75) is 18.6 Å². The van der Waals surface area contributed by atoms with Crippen molar-refractivity contribution in [2.24, 2.45) is 11.7 Å². The highest BCUT2D eigenvalue weighted by molar-refractivity contribution is 6.06. The highest BCUT2D eigenvalue weighted by Gasteiger charge is 2.53. The molecular formula is C12H14F3N3O3. The monoisotopic (exact) mass is 305 g/mol. The Bertz CT molecular complexity index is 544. The minimum absolute atomic E-state index is 0.152. The molecule has 2 atom stereocenters. The first kappa shape index (κ1) is 15.4. The van der Waals surface area contributed by atoms with Crippen molar-refractivity contribution < 1.29 is 27.2 Å². The third-order valence-corrected chi connectivity index (χ3v) is 3.44. The molecule has 0 aromatic carbocycles. The standard InChI is InChI=1S/C12H14F3N3O3/c1-11(8-3-2-4-21-8)9(19)18(10(20)17-11)6-7(5-16)12(13,14)15/h2-4,7H,5-6,16H2,1H3,(H,17,20). The van der Waals surface area contributed by atoms with E-state index in [1.165, 1.54) is 25.3 Å². The fraction of sp³-hybridized carbons (Fsp3) is 0.500. The Morgan fingerprint density at radius 1 is 1.48 bits per heavy atom. The summed E-state index contributed by atoms with van der Waals surface area (Å²) in [5, 5.41) is 2.35. The van der Waals surface area contributed by atoms with E-state index in [1.807, 2.05) is 0 Å². The Balaban J connectivity index is 2.23. The van der Waals surface area contributed by atoms with Gasteiger partial charge in [-0.15, -0.1) is 0 Å². The van der Waals surface area contributed by atoms with Gasteiger partial charge >= 0.3 is 12.2 Å². The average molecular weight is 305 g/mol. The lowest BCUT2D eigenvalue weighted by atomic mass is 9.99. The fourth-order valence-electron chi connectivity index (χ4n) is 2.12. The Morgan fingerprint density at radius 2 is 2.14 bits per heavy atom. The Hall–Kier alpha value is -2.03. The molecule has 0 saturated carbocycles. The third-order valence-electron chi connectivity index (χ3n) is 3.44. The summed E-state index contributed by atoms with van der Waals surface area (Å²) in [5.41, 5.74) is 3.57. The number of carbonyl (C=O) groups excluding carboxylic acids is 2. The molecule has 21 heavy (non-hydrogen) atoms. The zero-order chi connectivity index (χ0) is 15.8. The maximum Gasteiger partial charge on any atom is 0.394 e. The second-order valence-corrected chi connectivity index (χ2v) is 4.92. The molecule has 0 spiro atoms. The van der Waals surface area contributed by atoms with E-state index in [0.29, 0.717) is 4.90 Å². The smallest absolute Gasteiger partial charge is 0.394 e. The van der Waals surface area contributed by atoms with Gasteiger partial charge in [0.05, 0.1) is 12.2 Å². The molecule has 2 unspecified atom stereocenters. The Morgan fingerprint density at radius 3 is 2.62 bits per heavy atom. The van der Waals surface area contributed by atoms with Crippen LogP contribution in [-0.2, 0) is 10.3 Å². The lowest BCUT2D eigenvalue weighted by Crippen LogP contribution is -2.44. The summed E-state index contributed by atoms with van der Waals surface area (Å²) in [6, 6.07) is 2.08. The summed E-state index contributed by atoms with van der Waals surface area (Å²) >= 11 is 0. The number of nitrogens with one attached hydrogen (secondary N) is 1. The van der Waals surface area contributed by atoms with Crippen LogP contribution in [-0.4, -0.2) is 36.1 Å². The number of amides is 3. The van der Waals surface area contributed by atoms with Crippen LogP contribution in [0, 0.1) is 5.92 Å². The van der Waals surface area contributed by atoms with Crippen LogP contribution in [0.25, 0.3) is 0 Å². The highest BCUT2D eigenvalue weighted by Crippen LogP contribution is 2.32. The number of urea groups is 1. The number of imide groups is 1. The quantitative estimate of drug-likeness (QED) is 0.818. The number of rotatable bonds is 4. The maximum absolute atomic E-state index is 12.7. The predicted molar refractivity (Wildman–Crippen MR) is 64.9 cm³/mol. The fourth-order valence-corrected chi connectivity index (χ4v) is 2.12. The summed E-state index contributed by atoms with van der Waals surface area (Å²) in [7, 11) is 0. The lowest BCUT2D eigenvalue weighted by molar-refractivity contribution is -0.175. The Kier molecular flexibility index (Phi) is 3.70. The van der Waals surface area contributed by atoms with Gasteiger partial charge in [0.25, 0.3) is 5.91 Å². The van der Waals surface area contributed by atoms with E-state index in [0.717, 1.165) is 0 Å². The summed E-state index contributed by atoms with van der Waals surface area (Å²) < 4.78 is 43.3. The van der Waals surface area contributed by atoms with E-state index in [1.54, 1.807) is 0 Å². The van der Waals surface area contributed by atoms with E-state index in [9.17, 15) is 22.8 Å². The molecule has 3 amide bonds. The first-order chi connectivity index (χ1) is 9.70. The van der Waals surface area contributed by atoms with E-state index in [-0.39, 0.29) is 5.76 Å². The molecule has 0 aliphatic carbocycles. The number of hydrogen-bond donors (Lipinski definition) is 2. The molecule has 6 nitrogen and oxygen atoms in total. The van der Waals surface area contributed by atoms with E-state index in [4.69, 9.17) is 10.2 Å². The van der Waals surface area contributed by atoms with Gasteiger partial charge in [0.15, 0.2) is 5.54 Å². The normalized spacial score (nSPS) is 24.3. The number of alkyl halides is 3. The zero-order valence-electron chi connectivity index (χ0n) is 11.1. The van der Waals surface area contributed by atoms with Gasteiger partial charge in [0, 0.05) is 13.1 Å². The SMILES string of the molecule is CC1(c2ccco2)NC(=O)N(CC(CN)C(F)(F)F)C1=O. The molecule has 0 radical (unpaired) electrons. The predicted octanol–water partition coefficient (Wildman–Crippen LogP) is 1.18. The second-order valence-electron chi connectivity index (χ2n) is 4.92. The molecule has 3 N–H and O–H groups in total.